The van der Waals surface area contributed by atoms with Gasteiger partial charge in [0, 0.05) is 0 Å². The number of carboxylic acid groups (broad SMARTS) is 1. The molecule has 29 heavy (non-hydrogen) atoms. The van der Waals surface area contributed by atoms with Crippen molar-refractivity contribution >= 4 is 37.3 Å². The Morgan fingerprint density at radius 1 is 0.586 bits per heavy atom. The normalized spacial score (nSPS) is 10.6. The van der Waals surface area contributed by atoms with Crippen LogP contribution in [0, 0.1) is 0 Å². The van der Waals surface area contributed by atoms with E-state index in [-0.39, 0.29) is 0 Å². The summed E-state index contributed by atoms with van der Waals surface area (Å²) in [5.41, 5.74) is 0. The highest BCUT2D eigenvalue weighted by Crippen LogP contribution is 2.34. The molecule has 0 spiro atoms. The van der Waals surface area contributed by atoms with Crippen LogP contribution in [0.2, 0.25) is 0 Å². The Morgan fingerprint density at radius 2 is 0.759 bits per heavy atom. The second kappa shape index (κ2) is 26.9. The Bertz CT molecular complexity index is 321. The molecule has 0 saturated heterocycles. The molecule has 0 bridgehead atoms. The number of carbonyl (C=O) groups is 1. The van der Waals surface area contributed by atoms with Gasteiger partial charge in [-0.05, 0) is 55.5 Å². The van der Waals surface area contributed by atoms with Crippen molar-refractivity contribution in [3.63, 3.8) is 0 Å². The molecular weight excluding hydrogens is 444 g/mol. The summed E-state index contributed by atoms with van der Waals surface area (Å²) in [6.07, 6.45) is 11.7. The molecule has 0 saturated carbocycles. The number of rotatable bonds is 11. The third-order valence-electron chi connectivity index (χ3n) is 4.37. The molecule has 0 aliphatic carbocycles. The molecule has 0 radical (unpaired) electrons. The summed E-state index contributed by atoms with van der Waals surface area (Å²) in [5.74, 6) is -1.49. The maximum Gasteiger partial charge on any atom is 0.336 e. The predicted octanol–water partition coefficient (Wildman–Crippen LogP) is 6.83. The Kier molecular flexibility index (Phi) is 34.6. The van der Waals surface area contributed by atoms with Crippen molar-refractivity contribution in [2.24, 2.45) is 0 Å². The first-order valence-electron chi connectivity index (χ1n) is 10.9. The zero-order valence-electron chi connectivity index (χ0n) is 20.5. The van der Waals surface area contributed by atoms with Gasteiger partial charge >= 0.3 is 13.6 Å². The summed E-state index contributed by atoms with van der Waals surface area (Å²) in [4.78, 5) is 25.4. The molecule has 0 heterocycles. The van der Waals surface area contributed by atoms with Crippen molar-refractivity contribution in [3.8, 4) is 0 Å². The molecule has 3 N–H and O–H groups in total. The Hall–Kier alpha value is 0.910. The van der Waals surface area contributed by atoms with Crippen LogP contribution in [0.5, 0.6) is 0 Å². The van der Waals surface area contributed by atoms with E-state index in [9.17, 15) is 9.36 Å². The average Bonchev–Trinajstić information content (AvgIpc) is 2.65. The molecule has 180 valence electrons. The molecule has 0 aliphatic rings. The molecule has 0 amide bonds. The lowest BCUT2D eigenvalue weighted by molar-refractivity contribution is -0.134. The van der Waals surface area contributed by atoms with Gasteiger partial charge in [-0.3, -0.25) is 9.36 Å². The van der Waals surface area contributed by atoms with Crippen LogP contribution in [0.4, 0.5) is 0 Å². The Labute approximate surface area is 185 Å². The number of hydrogen-bond donors (Lipinski definition) is 3. The molecule has 0 aromatic heterocycles. The van der Waals surface area contributed by atoms with Crippen molar-refractivity contribution in [1.29, 1.82) is 0 Å². The van der Waals surface area contributed by atoms with E-state index in [1.54, 1.807) is 0 Å². The quantitative estimate of drug-likeness (QED) is 0.274. The molecule has 0 aliphatic heterocycles. The van der Waals surface area contributed by atoms with Crippen LogP contribution in [0.3, 0.4) is 0 Å². The van der Waals surface area contributed by atoms with Gasteiger partial charge in [0.2, 0.25) is 0 Å². The zero-order valence-corrected chi connectivity index (χ0v) is 24.1. The summed E-state index contributed by atoms with van der Waals surface area (Å²) in [7, 11) is -2.98. The maximum atomic E-state index is 9.76. The van der Waals surface area contributed by atoms with E-state index >= 15 is 0 Å². The number of aliphatic carboxylic acids is 1. The summed E-state index contributed by atoms with van der Waals surface area (Å²) in [5, 5.41) is 7.76. The highest BCUT2D eigenvalue weighted by molar-refractivity contribution is 7.58. The van der Waals surface area contributed by atoms with Crippen molar-refractivity contribution in [2.75, 3.05) is 61.6 Å². The van der Waals surface area contributed by atoms with E-state index in [1.165, 1.54) is 55.5 Å². The van der Waals surface area contributed by atoms with Gasteiger partial charge in [-0.15, -0.1) is 23.8 Å². The van der Waals surface area contributed by atoms with E-state index in [0.717, 1.165) is 0 Å². The molecule has 0 atom stereocenters. The minimum absolute atomic E-state index is 0.446. The van der Waals surface area contributed by atoms with E-state index in [1.807, 2.05) is 0 Å². The molecule has 5 nitrogen and oxygen atoms in total. The lowest BCUT2D eigenvalue weighted by Gasteiger charge is -2.07. The second-order valence-corrected chi connectivity index (χ2v) is 17.4. The van der Waals surface area contributed by atoms with Crippen LogP contribution in [-0.2, 0) is 9.36 Å². The zero-order chi connectivity index (χ0) is 23.9. The minimum Gasteiger partial charge on any atom is -0.481 e. The molecule has 9 heteroatoms. The van der Waals surface area contributed by atoms with E-state index in [2.05, 4.69) is 62.3 Å². The summed E-state index contributed by atoms with van der Waals surface area (Å²) in [6, 6.07) is 0. The summed E-state index contributed by atoms with van der Waals surface area (Å²) >= 11 is 0. The summed E-state index contributed by atoms with van der Waals surface area (Å²) < 4.78 is 9.76. The second-order valence-electron chi connectivity index (χ2n) is 6.08. The SMILES string of the molecule is CCP(CC)CC.CCP(CC)CC.CCP(CC)CC.O=C(O)CP(=O)(O)O. The highest BCUT2D eigenvalue weighted by Gasteiger charge is 2.17. The molecule has 0 aromatic rings. The standard InChI is InChI=1S/3C6H15P.C2H5O5P/c3*1-4-7(5-2)6-3;3-2(4)1-8(5,6)7/h3*4-6H2,1-3H3;1H2,(H,3,4)(H2,5,6,7). The van der Waals surface area contributed by atoms with E-state index < -0.39 is 19.7 Å². The maximum absolute atomic E-state index is 9.76. The average molecular weight is 495 g/mol. The van der Waals surface area contributed by atoms with Gasteiger partial charge in [-0.1, -0.05) is 62.3 Å². The van der Waals surface area contributed by atoms with Crippen LogP contribution < -0.4 is 0 Å². The lowest BCUT2D eigenvalue weighted by atomic mass is 10.8. The first-order chi connectivity index (χ1) is 13.5. The minimum atomic E-state index is -4.32. The van der Waals surface area contributed by atoms with Crippen LogP contribution >= 0.6 is 31.4 Å². The van der Waals surface area contributed by atoms with E-state index in [0.29, 0.717) is 23.8 Å². The fraction of sp³-hybridized carbons (Fsp3) is 0.950. The van der Waals surface area contributed by atoms with Gasteiger partial charge in [0.05, 0.1) is 0 Å². The van der Waals surface area contributed by atoms with Gasteiger partial charge in [0.1, 0.15) is 6.16 Å². The number of carboxylic acids is 1. The topological polar surface area (TPSA) is 94.8 Å². The van der Waals surface area contributed by atoms with Crippen LogP contribution in [0.15, 0.2) is 0 Å². The van der Waals surface area contributed by atoms with Crippen LogP contribution in [0.1, 0.15) is 62.3 Å². The fourth-order valence-electron chi connectivity index (χ4n) is 2.19. The predicted molar refractivity (Wildman–Crippen MR) is 140 cm³/mol. The highest BCUT2D eigenvalue weighted by atomic mass is 31.2. The molecule has 0 fully saturated rings. The van der Waals surface area contributed by atoms with Crippen molar-refractivity contribution in [1.82, 2.24) is 0 Å². The summed E-state index contributed by atoms with van der Waals surface area (Å²) in [6.45, 7) is 20.6. The van der Waals surface area contributed by atoms with Gasteiger partial charge in [0.25, 0.3) is 0 Å². The van der Waals surface area contributed by atoms with Crippen molar-refractivity contribution in [3.05, 3.63) is 0 Å². The van der Waals surface area contributed by atoms with Crippen molar-refractivity contribution in [2.45, 2.75) is 62.3 Å². The third kappa shape index (κ3) is 36.6. The smallest absolute Gasteiger partial charge is 0.336 e. The van der Waals surface area contributed by atoms with Gasteiger partial charge < -0.3 is 14.9 Å². The molecule has 0 unspecified atom stereocenters. The number of hydrogen-bond acceptors (Lipinski definition) is 2. The van der Waals surface area contributed by atoms with Crippen LogP contribution in [-0.4, -0.2) is 82.5 Å². The van der Waals surface area contributed by atoms with Gasteiger partial charge in [0.15, 0.2) is 0 Å². The first kappa shape index (κ1) is 37.2. The first-order valence-corrected chi connectivity index (χ1v) is 18.4. The molecule has 0 aromatic carbocycles. The fourth-order valence-corrected chi connectivity index (χ4v) is 6.57. The van der Waals surface area contributed by atoms with Gasteiger partial charge in [-0.25, -0.2) is 0 Å². The lowest BCUT2D eigenvalue weighted by Crippen LogP contribution is -2.01. The largest absolute Gasteiger partial charge is 0.481 e. The third-order valence-corrected chi connectivity index (χ3v) is 13.1. The molecular formula is C20H50O5P4. The van der Waals surface area contributed by atoms with Gasteiger partial charge in [-0.2, -0.15) is 0 Å². The van der Waals surface area contributed by atoms with E-state index in [4.69, 9.17) is 14.9 Å². The Morgan fingerprint density at radius 3 is 0.759 bits per heavy atom. The van der Waals surface area contributed by atoms with Crippen molar-refractivity contribution < 1.29 is 24.3 Å². The Balaban J connectivity index is -0.000000144. The van der Waals surface area contributed by atoms with Crippen LogP contribution in [0.25, 0.3) is 0 Å². The molecule has 0 rings (SSSR count). The monoisotopic (exact) mass is 494 g/mol.